The van der Waals surface area contributed by atoms with E-state index in [4.69, 9.17) is 0 Å². The molecule has 90 valence electrons. The van der Waals surface area contributed by atoms with Gasteiger partial charge in [0.25, 0.3) is 0 Å². The topological polar surface area (TPSA) is 3.24 Å². The Hall–Kier alpha value is -0.860. The lowest BCUT2D eigenvalue weighted by Gasteiger charge is -2.30. The van der Waals surface area contributed by atoms with E-state index in [-0.39, 0.29) is 0 Å². The minimum atomic E-state index is 0.869. The molecule has 0 N–H and O–H groups in total. The highest BCUT2D eigenvalue weighted by atomic mass is 32.1. The first-order chi connectivity index (χ1) is 8.33. The third-order valence-corrected chi connectivity index (χ3v) is 4.71. The number of nitrogens with zero attached hydrogens (tertiary/aromatic N) is 1. The summed E-state index contributed by atoms with van der Waals surface area (Å²) >= 11 is 1.88. The van der Waals surface area contributed by atoms with Crippen LogP contribution in [0.4, 0.5) is 0 Å². The Bertz CT molecular complexity index is 502. The van der Waals surface area contributed by atoms with Crippen molar-refractivity contribution in [2.45, 2.75) is 26.3 Å². The maximum absolute atomic E-state index is 2.61. The number of thiophene rings is 1. The second-order valence-electron chi connectivity index (χ2n) is 5.24. The largest absolute Gasteiger partial charge is 0.299 e. The van der Waals surface area contributed by atoms with Gasteiger partial charge in [0.1, 0.15) is 0 Å². The van der Waals surface area contributed by atoms with Gasteiger partial charge in [-0.05, 0) is 47.7 Å². The Morgan fingerprint density at radius 3 is 3.12 bits per heavy atom. The number of hydrogen-bond acceptors (Lipinski definition) is 2. The van der Waals surface area contributed by atoms with Gasteiger partial charge < -0.3 is 0 Å². The summed E-state index contributed by atoms with van der Waals surface area (Å²) in [5.41, 5.74) is 1.51. The lowest BCUT2D eigenvalue weighted by atomic mass is 10.00. The van der Waals surface area contributed by atoms with Crippen LogP contribution in [0.1, 0.15) is 25.3 Å². The molecule has 2 aromatic rings. The average molecular weight is 245 g/mol. The van der Waals surface area contributed by atoms with Crippen LogP contribution in [0.3, 0.4) is 0 Å². The third-order valence-electron chi connectivity index (χ3n) is 3.70. The Labute approximate surface area is 107 Å². The van der Waals surface area contributed by atoms with E-state index < -0.39 is 0 Å². The lowest BCUT2D eigenvalue weighted by molar-refractivity contribution is 0.177. The number of benzene rings is 1. The fourth-order valence-electron chi connectivity index (χ4n) is 2.83. The first-order valence-corrected chi connectivity index (χ1v) is 7.38. The fraction of sp³-hybridized carbons (Fsp3) is 0.467. The third kappa shape index (κ3) is 2.38. The van der Waals surface area contributed by atoms with Crippen LogP contribution in [-0.4, -0.2) is 18.0 Å². The van der Waals surface area contributed by atoms with E-state index in [0.717, 1.165) is 12.5 Å². The van der Waals surface area contributed by atoms with Gasteiger partial charge in [-0.1, -0.05) is 25.1 Å². The Morgan fingerprint density at radius 1 is 1.35 bits per heavy atom. The summed E-state index contributed by atoms with van der Waals surface area (Å²) in [5.74, 6) is 0.869. The van der Waals surface area contributed by atoms with E-state index in [1.165, 1.54) is 41.6 Å². The summed E-state index contributed by atoms with van der Waals surface area (Å²) in [7, 11) is 0. The minimum absolute atomic E-state index is 0.869. The summed E-state index contributed by atoms with van der Waals surface area (Å²) in [5, 5.41) is 3.79. The molecular formula is C15H19NS. The van der Waals surface area contributed by atoms with Crippen molar-refractivity contribution in [1.29, 1.82) is 0 Å². The number of rotatable bonds is 2. The summed E-state index contributed by atoms with van der Waals surface area (Å²) in [6, 6.07) is 8.76. The van der Waals surface area contributed by atoms with Gasteiger partial charge in [-0.25, -0.2) is 0 Å². The smallest absolute Gasteiger partial charge is 0.0346 e. The van der Waals surface area contributed by atoms with E-state index in [1.807, 2.05) is 11.3 Å². The number of likely N-dealkylation sites (tertiary alicyclic amines) is 1. The van der Waals surface area contributed by atoms with Crippen molar-refractivity contribution in [3.63, 3.8) is 0 Å². The highest BCUT2D eigenvalue weighted by molar-refractivity contribution is 7.17. The molecule has 1 fully saturated rings. The quantitative estimate of drug-likeness (QED) is 0.769. The van der Waals surface area contributed by atoms with Crippen molar-refractivity contribution in [3.8, 4) is 0 Å². The molecule has 17 heavy (non-hydrogen) atoms. The molecule has 0 saturated carbocycles. The molecule has 3 rings (SSSR count). The molecule has 0 radical (unpaired) electrons. The monoisotopic (exact) mass is 245 g/mol. The zero-order valence-electron chi connectivity index (χ0n) is 10.4. The van der Waals surface area contributed by atoms with Gasteiger partial charge in [0.15, 0.2) is 0 Å². The maximum Gasteiger partial charge on any atom is 0.0346 e. The second kappa shape index (κ2) is 4.79. The van der Waals surface area contributed by atoms with Crippen molar-refractivity contribution in [2.75, 3.05) is 13.1 Å². The van der Waals surface area contributed by atoms with E-state index in [0.29, 0.717) is 0 Å². The average Bonchev–Trinajstić information content (AvgIpc) is 2.73. The van der Waals surface area contributed by atoms with Crippen molar-refractivity contribution in [2.24, 2.45) is 5.92 Å². The molecule has 1 unspecified atom stereocenters. The standard InChI is InChI=1S/C15H19NS/c1-12-5-4-8-16(9-12)10-13-11-17-15-7-3-2-6-14(13)15/h2-3,6-7,11-12H,4-5,8-10H2,1H3. The van der Waals surface area contributed by atoms with Crippen LogP contribution in [0.5, 0.6) is 0 Å². The van der Waals surface area contributed by atoms with Gasteiger partial charge in [0.05, 0.1) is 0 Å². The molecule has 1 aliphatic heterocycles. The van der Waals surface area contributed by atoms with Crippen molar-refractivity contribution in [3.05, 3.63) is 35.2 Å². The Kier molecular flexibility index (Phi) is 3.17. The molecule has 2 heteroatoms. The highest BCUT2D eigenvalue weighted by Gasteiger charge is 2.17. The zero-order valence-corrected chi connectivity index (χ0v) is 11.2. The van der Waals surface area contributed by atoms with Gasteiger partial charge in [-0.3, -0.25) is 4.90 Å². The van der Waals surface area contributed by atoms with E-state index in [9.17, 15) is 0 Å². The molecule has 0 aliphatic carbocycles. The van der Waals surface area contributed by atoms with Crippen molar-refractivity contribution < 1.29 is 0 Å². The highest BCUT2D eigenvalue weighted by Crippen LogP contribution is 2.27. The van der Waals surface area contributed by atoms with Crippen LogP contribution >= 0.6 is 11.3 Å². The molecule has 1 atom stereocenters. The SMILES string of the molecule is CC1CCCN(Cc2csc3ccccc23)C1. The van der Waals surface area contributed by atoms with Crippen LogP contribution in [0, 0.1) is 5.92 Å². The first kappa shape index (κ1) is 11.2. The van der Waals surface area contributed by atoms with Gasteiger partial charge in [-0.2, -0.15) is 0 Å². The predicted molar refractivity (Wildman–Crippen MR) is 75.5 cm³/mol. The molecule has 0 amide bonds. The van der Waals surface area contributed by atoms with Crippen molar-refractivity contribution >= 4 is 21.4 Å². The summed E-state index contributed by atoms with van der Waals surface area (Å²) in [6.45, 7) is 6.05. The summed E-state index contributed by atoms with van der Waals surface area (Å²) in [4.78, 5) is 2.61. The van der Waals surface area contributed by atoms with E-state index in [2.05, 4.69) is 41.5 Å². The molecule has 1 nitrogen and oxygen atoms in total. The number of fused-ring (bicyclic) bond motifs is 1. The predicted octanol–water partition coefficient (Wildman–Crippen LogP) is 4.13. The molecule has 1 aromatic heterocycles. The van der Waals surface area contributed by atoms with Crippen molar-refractivity contribution in [1.82, 2.24) is 4.90 Å². The van der Waals surface area contributed by atoms with Gasteiger partial charge in [0, 0.05) is 17.8 Å². The summed E-state index contributed by atoms with van der Waals surface area (Å²) in [6.07, 6.45) is 2.77. The second-order valence-corrected chi connectivity index (χ2v) is 6.15. The van der Waals surface area contributed by atoms with Gasteiger partial charge in [-0.15, -0.1) is 11.3 Å². The van der Waals surface area contributed by atoms with E-state index in [1.54, 1.807) is 0 Å². The normalized spacial score (nSPS) is 22.1. The number of piperidine rings is 1. The Morgan fingerprint density at radius 2 is 2.24 bits per heavy atom. The van der Waals surface area contributed by atoms with Crippen LogP contribution in [0.15, 0.2) is 29.6 Å². The Balaban J connectivity index is 1.80. The molecule has 1 aliphatic rings. The fourth-order valence-corrected chi connectivity index (χ4v) is 3.78. The first-order valence-electron chi connectivity index (χ1n) is 6.50. The molecule has 1 saturated heterocycles. The van der Waals surface area contributed by atoms with Crippen LogP contribution < -0.4 is 0 Å². The van der Waals surface area contributed by atoms with Crippen LogP contribution in [0.25, 0.3) is 10.1 Å². The number of hydrogen-bond donors (Lipinski definition) is 0. The van der Waals surface area contributed by atoms with E-state index >= 15 is 0 Å². The van der Waals surface area contributed by atoms with Crippen LogP contribution in [0.2, 0.25) is 0 Å². The summed E-state index contributed by atoms with van der Waals surface area (Å²) < 4.78 is 1.42. The maximum atomic E-state index is 2.61. The molecular weight excluding hydrogens is 226 g/mol. The molecule has 1 aromatic carbocycles. The van der Waals surface area contributed by atoms with Gasteiger partial charge >= 0.3 is 0 Å². The lowest BCUT2D eigenvalue weighted by Crippen LogP contribution is -2.33. The molecule has 0 spiro atoms. The minimum Gasteiger partial charge on any atom is -0.299 e. The molecule has 2 heterocycles. The van der Waals surface area contributed by atoms with Gasteiger partial charge in [0.2, 0.25) is 0 Å². The van der Waals surface area contributed by atoms with Crippen LogP contribution in [-0.2, 0) is 6.54 Å². The zero-order chi connectivity index (χ0) is 11.7. The molecule has 0 bridgehead atoms.